The number of nitrogens with zero attached hydrogens (tertiary/aromatic N) is 2. The van der Waals surface area contributed by atoms with Crippen molar-refractivity contribution in [2.24, 2.45) is 11.3 Å². The molecule has 3 nitrogen and oxygen atoms in total. The third-order valence-corrected chi connectivity index (χ3v) is 4.03. The van der Waals surface area contributed by atoms with Gasteiger partial charge >= 0.3 is 0 Å². The van der Waals surface area contributed by atoms with Crippen molar-refractivity contribution >= 4 is 0 Å². The Bertz CT molecular complexity index is 259. The maximum atomic E-state index is 8.91. The summed E-state index contributed by atoms with van der Waals surface area (Å²) in [6, 6.07) is 2.36. The third kappa shape index (κ3) is 6.37. The van der Waals surface area contributed by atoms with Crippen LogP contribution in [-0.2, 0) is 0 Å². The summed E-state index contributed by atoms with van der Waals surface area (Å²) in [5.74, 6) is 0.921. The molecule has 104 valence electrons. The molecule has 0 unspecified atom stereocenters. The summed E-state index contributed by atoms with van der Waals surface area (Å²) in [7, 11) is 2.21. The Balaban J connectivity index is 1.95. The summed E-state index contributed by atoms with van der Waals surface area (Å²) < 4.78 is 0. The average molecular weight is 251 g/mol. The van der Waals surface area contributed by atoms with Gasteiger partial charge in [-0.15, -0.1) is 0 Å². The Kier molecular flexibility index (Phi) is 6.67. The monoisotopic (exact) mass is 251 g/mol. The van der Waals surface area contributed by atoms with E-state index in [1.54, 1.807) is 0 Å². The van der Waals surface area contributed by atoms with E-state index in [0.29, 0.717) is 0 Å². The third-order valence-electron chi connectivity index (χ3n) is 4.03. The highest BCUT2D eigenvalue weighted by atomic mass is 15.1. The average Bonchev–Trinajstić information content (AvgIpc) is 2.36. The summed E-state index contributed by atoms with van der Waals surface area (Å²) in [4.78, 5) is 2.42. The van der Waals surface area contributed by atoms with Gasteiger partial charge in [-0.05, 0) is 85.1 Å². The lowest BCUT2D eigenvalue weighted by atomic mass is 9.90. The molecular weight excluding hydrogens is 222 g/mol. The minimum atomic E-state index is -0.157. The first-order valence-corrected chi connectivity index (χ1v) is 7.34. The van der Waals surface area contributed by atoms with Crippen LogP contribution < -0.4 is 5.32 Å². The van der Waals surface area contributed by atoms with Gasteiger partial charge in [0.15, 0.2) is 0 Å². The zero-order chi connectivity index (χ0) is 13.4. The fourth-order valence-electron chi connectivity index (χ4n) is 2.49. The molecule has 1 heterocycles. The van der Waals surface area contributed by atoms with Crippen molar-refractivity contribution in [3.05, 3.63) is 0 Å². The van der Waals surface area contributed by atoms with Crippen LogP contribution in [0.15, 0.2) is 0 Å². The van der Waals surface area contributed by atoms with Crippen LogP contribution in [0.25, 0.3) is 0 Å². The maximum absolute atomic E-state index is 8.91. The Hall–Kier alpha value is -0.590. The standard InChI is InChI=1S/C15H29N3/c1-15(2,13-16)8-4-9-17-10-5-14-6-11-18(3)12-7-14/h14,17H,4-12H2,1-3H3. The molecule has 0 aromatic carbocycles. The molecule has 0 aromatic heterocycles. The second-order valence-corrected chi connectivity index (χ2v) is 6.38. The number of piperidine rings is 1. The van der Waals surface area contributed by atoms with Gasteiger partial charge in [0, 0.05) is 0 Å². The van der Waals surface area contributed by atoms with E-state index in [0.717, 1.165) is 31.8 Å². The molecule has 0 spiro atoms. The molecule has 1 aliphatic rings. The van der Waals surface area contributed by atoms with Gasteiger partial charge in [0.25, 0.3) is 0 Å². The van der Waals surface area contributed by atoms with E-state index in [4.69, 9.17) is 5.26 Å². The molecule has 1 aliphatic heterocycles. The molecule has 0 aliphatic carbocycles. The van der Waals surface area contributed by atoms with Gasteiger partial charge in [-0.2, -0.15) is 5.26 Å². The topological polar surface area (TPSA) is 39.1 Å². The van der Waals surface area contributed by atoms with Crippen molar-refractivity contribution < 1.29 is 0 Å². The smallest absolute Gasteiger partial charge is 0.0683 e. The van der Waals surface area contributed by atoms with Crippen LogP contribution in [0.2, 0.25) is 0 Å². The summed E-state index contributed by atoms with van der Waals surface area (Å²) in [5.41, 5.74) is -0.157. The summed E-state index contributed by atoms with van der Waals surface area (Å²) in [5, 5.41) is 12.4. The van der Waals surface area contributed by atoms with Gasteiger partial charge in [-0.3, -0.25) is 0 Å². The second kappa shape index (κ2) is 7.76. The molecule has 1 saturated heterocycles. The van der Waals surface area contributed by atoms with Crippen molar-refractivity contribution in [2.75, 3.05) is 33.2 Å². The van der Waals surface area contributed by atoms with Gasteiger partial charge < -0.3 is 10.2 Å². The highest BCUT2D eigenvalue weighted by Gasteiger charge is 2.16. The van der Waals surface area contributed by atoms with Crippen LogP contribution in [-0.4, -0.2) is 38.1 Å². The fourth-order valence-corrected chi connectivity index (χ4v) is 2.49. The van der Waals surface area contributed by atoms with E-state index in [1.807, 2.05) is 13.8 Å². The van der Waals surface area contributed by atoms with Crippen molar-refractivity contribution in [2.45, 2.75) is 46.0 Å². The minimum absolute atomic E-state index is 0.157. The normalized spacial score (nSPS) is 18.8. The summed E-state index contributed by atoms with van der Waals surface area (Å²) in [6.07, 6.45) is 6.13. The van der Waals surface area contributed by atoms with E-state index in [9.17, 15) is 0 Å². The molecule has 0 atom stereocenters. The van der Waals surface area contributed by atoms with Gasteiger partial charge in [0.2, 0.25) is 0 Å². The van der Waals surface area contributed by atoms with E-state index in [-0.39, 0.29) is 5.41 Å². The molecule has 3 heteroatoms. The van der Waals surface area contributed by atoms with E-state index >= 15 is 0 Å². The molecule has 0 radical (unpaired) electrons. The van der Waals surface area contributed by atoms with Crippen molar-refractivity contribution in [3.63, 3.8) is 0 Å². The molecule has 0 saturated carbocycles. The SMILES string of the molecule is CN1CCC(CCNCCCC(C)(C)C#N)CC1. The second-order valence-electron chi connectivity index (χ2n) is 6.38. The lowest BCUT2D eigenvalue weighted by molar-refractivity contribution is 0.211. The number of hydrogen-bond acceptors (Lipinski definition) is 3. The first-order chi connectivity index (χ1) is 8.53. The van der Waals surface area contributed by atoms with Crippen LogP contribution in [0.4, 0.5) is 0 Å². The minimum Gasteiger partial charge on any atom is -0.317 e. The zero-order valence-electron chi connectivity index (χ0n) is 12.3. The van der Waals surface area contributed by atoms with E-state index in [1.165, 1.54) is 32.4 Å². The van der Waals surface area contributed by atoms with Crippen LogP contribution in [0.3, 0.4) is 0 Å². The number of rotatable bonds is 7. The Morgan fingerprint density at radius 3 is 2.56 bits per heavy atom. The molecule has 0 bridgehead atoms. The van der Waals surface area contributed by atoms with Gasteiger partial charge in [-0.1, -0.05) is 0 Å². The van der Waals surface area contributed by atoms with Gasteiger partial charge in [-0.25, -0.2) is 0 Å². The Morgan fingerprint density at radius 1 is 1.28 bits per heavy atom. The van der Waals surface area contributed by atoms with E-state index < -0.39 is 0 Å². The first-order valence-electron chi connectivity index (χ1n) is 7.34. The van der Waals surface area contributed by atoms with Crippen molar-refractivity contribution in [1.82, 2.24) is 10.2 Å². The number of nitrogens with one attached hydrogen (secondary N) is 1. The maximum Gasteiger partial charge on any atom is 0.0683 e. The molecule has 18 heavy (non-hydrogen) atoms. The largest absolute Gasteiger partial charge is 0.317 e. The molecule has 1 rings (SSSR count). The van der Waals surface area contributed by atoms with Crippen molar-refractivity contribution in [3.8, 4) is 6.07 Å². The zero-order valence-corrected chi connectivity index (χ0v) is 12.3. The lowest BCUT2D eigenvalue weighted by Gasteiger charge is -2.28. The highest BCUT2D eigenvalue weighted by molar-refractivity contribution is 4.91. The number of hydrogen-bond donors (Lipinski definition) is 1. The first kappa shape index (κ1) is 15.5. The molecule has 0 amide bonds. The molecule has 1 fully saturated rings. The summed E-state index contributed by atoms with van der Waals surface area (Å²) in [6.45, 7) is 8.76. The van der Waals surface area contributed by atoms with Crippen LogP contribution in [0, 0.1) is 22.7 Å². The van der Waals surface area contributed by atoms with Crippen molar-refractivity contribution in [1.29, 1.82) is 5.26 Å². The van der Waals surface area contributed by atoms with Crippen LogP contribution in [0.1, 0.15) is 46.0 Å². The Labute approximate surface area is 113 Å². The van der Waals surface area contributed by atoms with E-state index in [2.05, 4.69) is 23.3 Å². The number of likely N-dealkylation sites (tertiary alicyclic amines) is 1. The quantitative estimate of drug-likeness (QED) is 0.707. The molecule has 0 aromatic rings. The number of nitriles is 1. The molecular formula is C15H29N3. The van der Waals surface area contributed by atoms with Gasteiger partial charge in [0.05, 0.1) is 11.5 Å². The van der Waals surface area contributed by atoms with Crippen LogP contribution >= 0.6 is 0 Å². The highest BCUT2D eigenvalue weighted by Crippen LogP contribution is 2.20. The lowest BCUT2D eigenvalue weighted by Crippen LogP contribution is -2.31. The van der Waals surface area contributed by atoms with Gasteiger partial charge in [0.1, 0.15) is 0 Å². The summed E-state index contributed by atoms with van der Waals surface area (Å²) >= 11 is 0. The fraction of sp³-hybridized carbons (Fsp3) is 0.933. The predicted octanol–water partition coefficient (Wildman–Crippen LogP) is 2.64. The predicted molar refractivity (Wildman–Crippen MR) is 76.3 cm³/mol. The molecule has 1 N–H and O–H groups in total. The Morgan fingerprint density at radius 2 is 1.94 bits per heavy atom. The van der Waals surface area contributed by atoms with Crippen LogP contribution in [0.5, 0.6) is 0 Å².